The number of hydrogen-bond acceptors (Lipinski definition) is 4. The molecule has 1 aliphatic heterocycles. The van der Waals surface area contributed by atoms with E-state index < -0.39 is 7.12 Å². The maximum absolute atomic E-state index is 8.72. The van der Waals surface area contributed by atoms with Gasteiger partial charge in [-0.1, -0.05) is 0 Å². The molecule has 106 valence electrons. The number of hydrogen-bond donors (Lipinski definition) is 0. The van der Waals surface area contributed by atoms with Crippen LogP contribution in [0.5, 0.6) is 0 Å². The first kappa shape index (κ1) is 15.0. The van der Waals surface area contributed by atoms with Crippen molar-refractivity contribution in [2.24, 2.45) is 0 Å². The molecule has 1 aromatic heterocycles. The molecule has 1 saturated heterocycles. The average Bonchev–Trinajstić information content (AvgIpc) is 2.57. The highest BCUT2D eigenvalue weighted by Gasteiger charge is 2.52. The summed E-state index contributed by atoms with van der Waals surface area (Å²) in [6.07, 6.45) is 3.01. The van der Waals surface area contributed by atoms with Crippen molar-refractivity contribution in [1.82, 2.24) is 4.98 Å². The number of pyridine rings is 1. The normalized spacial score (nSPS) is 19.9. The van der Waals surface area contributed by atoms with Gasteiger partial charge in [0, 0.05) is 12.6 Å². The molecule has 20 heavy (non-hydrogen) atoms. The Morgan fingerprint density at radius 1 is 1.25 bits per heavy atom. The van der Waals surface area contributed by atoms with Crippen molar-refractivity contribution in [2.75, 3.05) is 0 Å². The third kappa shape index (κ3) is 2.58. The fourth-order valence-corrected chi connectivity index (χ4v) is 2.25. The van der Waals surface area contributed by atoms with Crippen molar-refractivity contribution in [3.05, 3.63) is 23.4 Å². The second-order valence-corrected chi connectivity index (χ2v) is 6.23. The van der Waals surface area contributed by atoms with Crippen LogP contribution in [0, 0.1) is 18.3 Å². The molecule has 0 unspecified atom stereocenters. The first-order chi connectivity index (χ1) is 9.28. The summed E-state index contributed by atoms with van der Waals surface area (Å²) in [6.45, 7) is 10.1. The van der Waals surface area contributed by atoms with E-state index in [0.29, 0.717) is 6.42 Å². The minimum Gasteiger partial charge on any atom is -0.398 e. The Morgan fingerprint density at radius 3 is 2.40 bits per heavy atom. The van der Waals surface area contributed by atoms with Crippen LogP contribution in [-0.4, -0.2) is 23.3 Å². The zero-order valence-corrected chi connectivity index (χ0v) is 12.9. The van der Waals surface area contributed by atoms with Gasteiger partial charge >= 0.3 is 7.12 Å². The highest BCUT2D eigenvalue weighted by Crippen LogP contribution is 2.36. The average molecular weight is 272 g/mol. The summed E-state index contributed by atoms with van der Waals surface area (Å²) in [5.74, 6) is 0. The van der Waals surface area contributed by atoms with Gasteiger partial charge in [0.05, 0.1) is 22.9 Å². The van der Waals surface area contributed by atoms with E-state index in [1.807, 2.05) is 40.7 Å². The smallest absolute Gasteiger partial charge is 0.398 e. The van der Waals surface area contributed by atoms with Gasteiger partial charge in [0.25, 0.3) is 0 Å². The van der Waals surface area contributed by atoms with Crippen LogP contribution in [0.1, 0.15) is 45.2 Å². The molecular formula is C15H21BN2O2. The van der Waals surface area contributed by atoms with Crippen LogP contribution in [0.15, 0.2) is 12.3 Å². The van der Waals surface area contributed by atoms with E-state index in [9.17, 15) is 0 Å². The second kappa shape index (κ2) is 5.19. The lowest BCUT2D eigenvalue weighted by Gasteiger charge is -2.32. The molecule has 1 aromatic rings. The van der Waals surface area contributed by atoms with Crippen LogP contribution in [0.2, 0.25) is 0 Å². The molecule has 0 spiro atoms. The van der Waals surface area contributed by atoms with Crippen molar-refractivity contribution in [3.8, 4) is 6.07 Å². The molecule has 0 amide bonds. The maximum Gasteiger partial charge on any atom is 0.514 e. The van der Waals surface area contributed by atoms with Crippen LogP contribution in [0.4, 0.5) is 0 Å². The van der Waals surface area contributed by atoms with Gasteiger partial charge < -0.3 is 9.31 Å². The molecule has 0 saturated carbocycles. The zero-order valence-electron chi connectivity index (χ0n) is 12.9. The van der Waals surface area contributed by atoms with Gasteiger partial charge in [-0.15, -0.1) is 0 Å². The van der Waals surface area contributed by atoms with Crippen molar-refractivity contribution in [2.45, 2.75) is 58.7 Å². The summed E-state index contributed by atoms with van der Waals surface area (Å²) >= 11 is 0. The van der Waals surface area contributed by atoms with Crippen LogP contribution < -0.4 is 5.59 Å². The van der Waals surface area contributed by atoms with Gasteiger partial charge in [-0.3, -0.25) is 4.98 Å². The molecule has 0 N–H and O–H groups in total. The number of nitriles is 1. The monoisotopic (exact) mass is 272 g/mol. The van der Waals surface area contributed by atoms with E-state index in [1.54, 1.807) is 6.20 Å². The van der Waals surface area contributed by atoms with Crippen molar-refractivity contribution < 1.29 is 9.31 Å². The molecule has 1 aliphatic rings. The molecule has 5 heteroatoms. The van der Waals surface area contributed by atoms with E-state index >= 15 is 0 Å². The summed E-state index contributed by atoms with van der Waals surface area (Å²) in [4.78, 5) is 4.43. The Labute approximate surface area is 121 Å². The van der Waals surface area contributed by atoms with Gasteiger partial charge in [0.15, 0.2) is 0 Å². The molecule has 0 atom stereocenters. The fourth-order valence-electron chi connectivity index (χ4n) is 2.25. The third-order valence-corrected chi connectivity index (χ3v) is 4.34. The van der Waals surface area contributed by atoms with Crippen molar-refractivity contribution in [1.29, 1.82) is 5.26 Å². The molecule has 4 nitrogen and oxygen atoms in total. The van der Waals surface area contributed by atoms with Gasteiger partial charge in [-0.25, -0.2) is 0 Å². The van der Waals surface area contributed by atoms with Gasteiger partial charge in [-0.05, 0) is 58.2 Å². The molecular weight excluding hydrogens is 251 g/mol. The molecule has 1 fully saturated rings. The van der Waals surface area contributed by atoms with Gasteiger partial charge in [-0.2, -0.15) is 5.26 Å². The quantitative estimate of drug-likeness (QED) is 0.791. The molecule has 0 bridgehead atoms. The van der Waals surface area contributed by atoms with Crippen LogP contribution in [0.3, 0.4) is 0 Å². The summed E-state index contributed by atoms with van der Waals surface area (Å²) in [5.41, 5.74) is 2.27. The van der Waals surface area contributed by atoms with Crippen molar-refractivity contribution >= 4 is 12.7 Å². The number of nitrogens with zero attached hydrogens (tertiary/aromatic N) is 2. The molecule has 0 radical (unpaired) electrons. The molecule has 2 rings (SSSR count). The number of rotatable bonds is 3. The summed E-state index contributed by atoms with van der Waals surface area (Å²) in [7, 11) is -0.443. The van der Waals surface area contributed by atoms with Gasteiger partial charge in [0.1, 0.15) is 0 Å². The third-order valence-electron chi connectivity index (χ3n) is 4.34. The second-order valence-electron chi connectivity index (χ2n) is 6.23. The van der Waals surface area contributed by atoms with Crippen LogP contribution >= 0.6 is 0 Å². The molecule has 0 aliphatic carbocycles. The SMILES string of the molecule is Cc1c(CCC#N)ccnc1B1OC(C)(C)C(C)(C)O1. The highest BCUT2D eigenvalue weighted by atomic mass is 16.7. The van der Waals surface area contributed by atoms with Crippen molar-refractivity contribution in [3.63, 3.8) is 0 Å². The van der Waals surface area contributed by atoms with E-state index in [0.717, 1.165) is 23.1 Å². The minimum absolute atomic E-state index is 0.367. The molecule has 2 heterocycles. The first-order valence-electron chi connectivity index (χ1n) is 6.95. The number of aromatic nitrogens is 1. The Hall–Kier alpha value is -1.38. The number of aryl methyl sites for hydroxylation is 1. The topological polar surface area (TPSA) is 55.1 Å². The Bertz CT molecular complexity index is 533. The minimum atomic E-state index is -0.443. The maximum atomic E-state index is 8.72. The standard InChI is InChI=1S/C15H21BN2O2/c1-11-12(7-6-9-17)8-10-18-13(11)16-19-14(2,3)15(4,5)20-16/h8,10H,6-7H2,1-5H3. The fraction of sp³-hybridized carbons (Fsp3) is 0.600. The lowest BCUT2D eigenvalue weighted by Crippen LogP contribution is -2.41. The summed E-state index contributed by atoms with van der Waals surface area (Å²) in [6, 6.07) is 4.14. The van der Waals surface area contributed by atoms with E-state index in [-0.39, 0.29) is 11.2 Å². The predicted octanol–water partition coefficient (Wildman–Crippen LogP) is 2.15. The van der Waals surface area contributed by atoms with E-state index in [4.69, 9.17) is 14.6 Å². The van der Waals surface area contributed by atoms with Crippen LogP contribution in [0.25, 0.3) is 0 Å². The van der Waals surface area contributed by atoms with E-state index in [1.165, 1.54) is 0 Å². The highest BCUT2D eigenvalue weighted by molar-refractivity contribution is 6.61. The Kier molecular flexibility index (Phi) is 3.90. The lowest BCUT2D eigenvalue weighted by molar-refractivity contribution is 0.00578. The molecule has 0 aromatic carbocycles. The Morgan fingerprint density at radius 2 is 1.85 bits per heavy atom. The largest absolute Gasteiger partial charge is 0.514 e. The zero-order chi connectivity index (χ0) is 15.0. The Balaban J connectivity index is 2.29. The van der Waals surface area contributed by atoms with Gasteiger partial charge in [0.2, 0.25) is 0 Å². The van der Waals surface area contributed by atoms with E-state index in [2.05, 4.69) is 11.1 Å². The summed E-state index contributed by atoms with van der Waals surface area (Å²) in [5, 5.41) is 8.72. The van der Waals surface area contributed by atoms with Crippen LogP contribution in [-0.2, 0) is 15.7 Å². The lowest BCUT2D eigenvalue weighted by atomic mass is 9.79. The summed E-state index contributed by atoms with van der Waals surface area (Å²) < 4.78 is 12.1. The first-order valence-corrected chi connectivity index (χ1v) is 6.95. The predicted molar refractivity (Wildman–Crippen MR) is 78.6 cm³/mol.